The summed E-state index contributed by atoms with van der Waals surface area (Å²) in [6, 6.07) is 11.9. The van der Waals surface area contributed by atoms with Crippen molar-refractivity contribution in [3.05, 3.63) is 59.4 Å². The van der Waals surface area contributed by atoms with Crippen molar-refractivity contribution in [1.29, 1.82) is 0 Å². The van der Waals surface area contributed by atoms with Gasteiger partial charge in [0.25, 0.3) is 0 Å². The number of methoxy groups -OCH3 is 1. The molecule has 21 heavy (non-hydrogen) atoms. The lowest BCUT2D eigenvalue weighted by Gasteiger charge is -2.16. The fraction of sp³-hybridized carbons (Fsp3) is 0.294. The summed E-state index contributed by atoms with van der Waals surface area (Å²) in [6.07, 6.45) is 0.816. The Balaban J connectivity index is 1.93. The Hall–Kier alpha value is -2.07. The molecule has 0 amide bonds. The monoisotopic (exact) mass is 289 g/mol. The maximum absolute atomic E-state index is 13.0. The lowest BCUT2D eigenvalue weighted by Crippen LogP contribution is -2.21. The molecule has 0 aliphatic heterocycles. The summed E-state index contributed by atoms with van der Waals surface area (Å²) in [4.78, 5) is 0. The van der Waals surface area contributed by atoms with Crippen LogP contribution in [0.3, 0.4) is 0 Å². The molecule has 112 valence electrons. The van der Waals surface area contributed by atoms with Crippen LogP contribution in [0.15, 0.2) is 42.5 Å². The van der Waals surface area contributed by atoms with Gasteiger partial charge in [-0.1, -0.05) is 24.3 Å². The molecule has 1 atom stereocenters. The number of phenols is 1. The molecule has 0 aliphatic rings. The largest absolute Gasteiger partial charge is 0.508 e. The fourth-order valence-corrected chi connectivity index (χ4v) is 2.33. The highest BCUT2D eigenvalue weighted by Gasteiger charge is 2.11. The highest BCUT2D eigenvalue weighted by Crippen LogP contribution is 2.25. The molecule has 2 aromatic carbocycles. The van der Waals surface area contributed by atoms with Crippen molar-refractivity contribution in [1.82, 2.24) is 5.32 Å². The number of hydrogen-bond acceptors (Lipinski definition) is 3. The smallest absolute Gasteiger partial charge is 0.126 e. The number of benzene rings is 2. The first kappa shape index (κ1) is 15.3. The summed E-state index contributed by atoms with van der Waals surface area (Å²) < 4.78 is 18.3. The first-order valence-corrected chi connectivity index (χ1v) is 6.95. The molecule has 1 unspecified atom stereocenters. The molecule has 0 heterocycles. The van der Waals surface area contributed by atoms with Crippen LogP contribution in [0, 0.1) is 5.82 Å². The molecule has 0 radical (unpaired) electrons. The van der Waals surface area contributed by atoms with Gasteiger partial charge in [0.15, 0.2) is 0 Å². The second kappa shape index (κ2) is 7.09. The lowest BCUT2D eigenvalue weighted by molar-refractivity contribution is 0.408. The van der Waals surface area contributed by atoms with Crippen LogP contribution in [-0.4, -0.2) is 18.8 Å². The van der Waals surface area contributed by atoms with E-state index in [1.54, 1.807) is 13.2 Å². The van der Waals surface area contributed by atoms with E-state index in [0.717, 1.165) is 30.3 Å². The van der Waals surface area contributed by atoms with E-state index in [2.05, 4.69) is 5.32 Å². The lowest BCUT2D eigenvalue weighted by atomic mass is 10.1. The number of para-hydroxylation sites is 1. The summed E-state index contributed by atoms with van der Waals surface area (Å²) in [5.41, 5.74) is 1.82. The maximum atomic E-state index is 13.0. The molecule has 0 bridgehead atoms. The molecule has 2 N–H and O–H groups in total. The molecule has 0 aromatic heterocycles. The van der Waals surface area contributed by atoms with Gasteiger partial charge in [0.05, 0.1) is 7.11 Å². The van der Waals surface area contributed by atoms with Crippen LogP contribution in [0.2, 0.25) is 0 Å². The van der Waals surface area contributed by atoms with Crippen molar-refractivity contribution in [2.24, 2.45) is 0 Å². The van der Waals surface area contributed by atoms with E-state index >= 15 is 0 Å². The van der Waals surface area contributed by atoms with Crippen LogP contribution in [0.25, 0.3) is 0 Å². The molecule has 2 aromatic rings. The van der Waals surface area contributed by atoms with Gasteiger partial charge in [0.2, 0.25) is 0 Å². The quantitative estimate of drug-likeness (QED) is 0.856. The Morgan fingerprint density at radius 1 is 1.24 bits per heavy atom. The summed E-state index contributed by atoms with van der Waals surface area (Å²) in [5.74, 6) is 0.418. The number of aromatic hydroxyl groups is 1. The van der Waals surface area contributed by atoms with Crippen LogP contribution in [0.4, 0.5) is 4.39 Å². The van der Waals surface area contributed by atoms with Gasteiger partial charge in [-0.05, 0) is 37.6 Å². The first-order valence-electron chi connectivity index (χ1n) is 6.95. The molecule has 0 fully saturated rings. The minimum atomic E-state index is -0.433. The van der Waals surface area contributed by atoms with Gasteiger partial charge in [0.1, 0.15) is 17.3 Å². The van der Waals surface area contributed by atoms with E-state index in [1.807, 2.05) is 31.2 Å². The Labute approximate surface area is 124 Å². The van der Waals surface area contributed by atoms with E-state index in [0.29, 0.717) is 5.56 Å². The predicted octanol–water partition coefficient (Wildman–Crippen LogP) is 3.43. The van der Waals surface area contributed by atoms with Crippen LogP contribution in [0.1, 0.15) is 24.1 Å². The molecular formula is C17H20FNO2. The minimum absolute atomic E-state index is 0.0210. The van der Waals surface area contributed by atoms with Crippen LogP contribution in [-0.2, 0) is 6.42 Å². The molecular weight excluding hydrogens is 269 g/mol. The van der Waals surface area contributed by atoms with Crippen LogP contribution >= 0.6 is 0 Å². The maximum Gasteiger partial charge on any atom is 0.126 e. The SMILES string of the molecule is COc1ccccc1CCNC(C)c1ccc(F)cc1O. The fourth-order valence-electron chi connectivity index (χ4n) is 2.33. The van der Waals surface area contributed by atoms with Crippen molar-refractivity contribution in [3.63, 3.8) is 0 Å². The molecule has 0 spiro atoms. The Morgan fingerprint density at radius 2 is 2.00 bits per heavy atom. The van der Waals surface area contributed by atoms with Crippen molar-refractivity contribution in [3.8, 4) is 11.5 Å². The first-order chi connectivity index (χ1) is 10.1. The Bertz CT molecular complexity index is 601. The van der Waals surface area contributed by atoms with E-state index < -0.39 is 5.82 Å². The second-order valence-electron chi connectivity index (χ2n) is 4.94. The third-order valence-corrected chi connectivity index (χ3v) is 3.50. The average molecular weight is 289 g/mol. The van der Waals surface area contributed by atoms with E-state index in [9.17, 15) is 9.50 Å². The summed E-state index contributed by atoms with van der Waals surface area (Å²) in [5, 5.41) is 13.1. The third kappa shape index (κ3) is 3.95. The number of nitrogens with one attached hydrogen (secondary N) is 1. The van der Waals surface area contributed by atoms with Crippen molar-refractivity contribution >= 4 is 0 Å². The Kier molecular flexibility index (Phi) is 5.17. The third-order valence-electron chi connectivity index (χ3n) is 3.50. The average Bonchev–Trinajstić information content (AvgIpc) is 2.47. The highest BCUT2D eigenvalue weighted by molar-refractivity contribution is 5.35. The molecule has 0 saturated heterocycles. The number of ether oxygens (including phenoxy) is 1. The molecule has 3 nitrogen and oxygen atoms in total. The van der Waals surface area contributed by atoms with Crippen molar-refractivity contribution in [2.45, 2.75) is 19.4 Å². The minimum Gasteiger partial charge on any atom is -0.508 e. The summed E-state index contributed by atoms with van der Waals surface area (Å²) in [6.45, 7) is 2.67. The standard InChI is InChI=1S/C17H20FNO2/c1-12(15-8-7-14(18)11-16(15)20)19-10-9-13-5-3-4-6-17(13)21-2/h3-8,11-12,19-20H,9-10H2,1-2H3. The number of hydrogen-bond donors (Lipinski definition) is 2. The van der Waals surface area contributed by atoms with Gasteiger partial charge in [-0.2, -0.15) is 0 Å². The molecule has 4 heteroatoms. The zero-order chi connectivity index (χ0) is 15.2. The highest BCUT2D eigenvalue weighted by atomic mass is 19.1. The molecule has 2 rings (SSSR count). The van der Waals surface area contributed by atoms with Gasteiger partial charge in [-0.3, -0.25) is 0 Å². The van der Waals surface area contributed by atoms with Gasteiger partial charge >= 0.3 is 0 Å². The topological polar surface area (TPSA) is 41.5 Å². The Morgan fingerprint density at radius 3 is 2.71 bits per heavy atom. The van der Waals surface area contributed by atoms with Crippen LogP contribution in [0.5, 0.6) is 11.5 Å². The van der Waals surface area contributed by atoms with Crippen molar-refractivity contribution in [2.75, 3.05) is 13.7 Å². The zero-order valence-electron chi connectivity index (χ0n) is 12.3. The van der Waals surface area contributed by atoms with Gasteiger partial charge in [-0.25, -0.2) is 4.39 Å². The molecule has 0 saturated carbocycles. The van der Waals surface area contributed by atoms with Gasteiger partial charge < -0.3 is 15.2 Å². The number of halogens is 1. The van der Waals surface area contributed by atoms with E-state index in [1.165, 1.54) is 6.07 Å². The summed E-state index contributed by atoms with van der Waals surface area (Å²) in [7, 11) is 1.66. The van der Waals surface area contributed by atoms with E-state index in [-0.39, 0.29) is 11.8 Å². The summed E-state index contributed by atoms with van der Waals surface area (Å²) >= 11 is 0. The zero-order valence-corrected chi connectivity index (χ0v) is 12.3. The number of phenolic OH excluding ortho intramolecular Hbond substituents is 1. The van der Waals surface area contributed by atoms with Crippen molar-refractivity contribution < 1.29 is 14.2 Å². The van der Waals surface area contributed by atoms with Gasteiger partial charge in [0, 0.05) is 17.7 Å². The number of rotatable bonds is 6. The molecule has 0 aliphatic carbocycles. The van der Waals surface area contributed by atoms with Gasteiger partial charge in [-0.15, -0.1) is 0 Å². The van der Waals surface area contributed by atoms with Crippen LogP contribution < -0.4 is 10.1 Å². The predicted molar refractivity (Wildman–Crippen MR) is 81.2 cm³/mol. The normalized spacial score (nSPS) is 12.1. The second-order valence-corrected chi connectivity index (χ2v) is 4.94. The van der Waals surface area contributed by atoms with E-state index in [4.69, 9.17) is 4.74 Å².